The van der Waals surface area contributed by atoms with Crippen molar-refractivity contribution in [2.45, 2.75) is 13.0 Å². The van der Waals surface area contributed by atoms with Crippen LogP contribution in [-0.2, 0) is 4.79 Å². The molecule has 0 bridgehead atoms. The maximum absolute atomic E-state index is 12.5. The van der Waals surface area contributed by atoms with Crippen LogP contribution >= 0.6 is 0 Å². The van der Waals surface area contributed by atoms with Gasteiger partial charge in [0, 0.05) is 19.7 Å². The van der Waals surface area contributed by atoms with E-state index in [-0.39, 0.29) is 11.8 Å². The summed E-state index contributed by atoms with van der Waals surface area (Å²) in [5.74, 6) is -0.0427. The van der Waals surface area contributed by atoms with Crippen molar-refractivity contribution in [3.05, 3.63) is 59.7 Å². The number of amides is 2. The Balaban J connectivity index is 2.27. The lowest BCUT2D eigenvalue weighted by atomic mass is 10.1. The van der Waals surface area contributed by atoms with Crippen molar-refractivity contribution in [1.82, 2.24) is 4.90 Å². The van der Waals surface area contributed by atoms with Gasteiger partial charge in [0.05, 0.1) is 12.3 Å². The molecule has 0 aliphatic heterocycles. The number of carbonyl (C=O) groups is 2. The molecule has 25 heavy (non-hydrogen) atoms. The summed E-state index contributed by atoms with van der Waals surface area (Å²) >= 11 is 0. The predicted molar refractivity (Wildman–Crippen MR) is 97.6 cm³/mol. The van der Waals surface area contributed by atoms with Crippen LogP contribution in [0.25, 0.3) is 0 Å². The van der Waals surface area contributed by atoms with Crippen molar-refractivity contribution in [1.29, 1.82) is 0 Å². The van der Waals surface area contributed by atoms with Crippen LogP contribution in [0, 0.1) is 0 Å². The van der Waals surface area contributed by atoms with Crippen LogP contribution in [0.4, 0.5) is 5.69 Å². The first kappa shape index (κ1) is 18.5. The quantitative estimate of drug-likeness (QED) is 0.845. The fourth-order valence-electron chi connectivity index (χ4n) is 2.32. The number of hydrogen-bond donors (Lipinski definition) is 2. The van der Waals surface area contributed by atoms with E-state index in [1.807, 2.05) is 25.1 Å². The van der Waals surface area contributed by atoms with Crippen molar-refractivity contribution in [2.24, 2.45) is 5.73 Å². The molecule has 0 radical (unpaired) electrons. The van der Waals surface area contributed by atoms with Gasteiger partial charge in [0.1, 0.15) is 11.8 Å². The van der Waals surface area contributed by atoms with E-state index in [9.17, 15) is 9.59 Å². The maximum atomic E-state index is 12.5. The predicted octanol–water partition coefficient (Wildman–Crippen LogP) is 2.43. The van der Waals surface area contributed by atoms with Gasteiger partial charge in [-0.25, -0.2) is 0 Å². The van der Waals surface area contributed by atoms with Crippen molar-refractivity contribution >= 4 is 17.5 Å². The zero-order chi connectivity index (χ0) is 18.4. The van der Waals surface area contributed by atoms with Crippen LogP contribution < -0.4 is 15.8 Å². The van der Waals surface area contributed by atoms with Crippen LogP contribution in [0.5, 0.6) is 5.75 Å². The van der Waals surface area contributed by atoms with Crippen LogP contribution in [0.2, 0.25) is 0 Å². The molecule has 2 rings (SSSR count). The lowest BCUT2D eigenvalue weighted by Gasteiger charge is -2.17. The topological polar surface area (TPSA) is 84.7 Å². The van der Waals surface area contributed by atoms with Gasteiger partial charge in [-0.05, 0) is 30.7 Å². The molecule has 3 N–H and O–H groups in total. The van der Waals surface area contributed by atoms with Crippen molar-refractivity contribution in [3.63, 3.8) is 0 Å². The van der Waals surface area contributed by atoms with Gasteiger partial charge >= 0.3 is 0 Å². The Labute approximate surface area is 147 Å². The van der Waals surface area contributed by atoms with E-state index >= 15 is 0 Å². The summed E-state index contributed by atoms with van der Waals surface area (Å²) in [6.07, 6.45) is 0. The Hall–Kier alpha value is -2.86. The summed E-state index contributed by atoms with van der Waals surface area (Å²) in [4.78, 5) is 26.1. The second-order valence-electron chi connectivity index (χ2n) is 5.72. The average molecular weight is 341 g/mol. The Morgan fingerprint density at radius 3 is 2.44 bits per heavy atom. The lowest BCUT2D eigenvalue weighted by molar-refractivity contribution is -0.117. The molecule has 0 aliphatic carbocycles. The molecule has 0 spiro atoms. The van der Waals surface area contributed by atoms with Crippen LogP contribution in [0.15, 0.2) is 48.5 Å². The Kier molecular flexibility index (Phi) is 6.14. The Bertz CT molecular complexity index is 745. The molecule has 0 heterocycles. The zero-order valence-electron chi connectivity index (χ0n) is 14.7. The Morgan fingerprint density at radius 1 is 1.16 bits per heavy atom. The highest BCUT2D eigenvalue weighted by molar-refractivity contribution is 6.00. The number of benzene rings is 2. The molecule has 0 unspecified atom stereocenters. The molecule has 0 saturated carbocycles. The van der Waals surface area contributed by atoms with Crippen LogP contribution in [0.1, 0.15) is 28.9 Å². The molecule has 1 atom stereocenters. The second-order valence-corrected chi connectivity index (χ2v) is 5.72. The third-order valence-corrected chi connectivity index (χ3v) is 3.63. The largest absolute Gasteiger partial charge is 0.492 e. The number of nitrogens with one attached hydrogen (secondary N) is 1. The highest BCUT2D eigenvalue weighted by atomic mass is 16.5. The second kappa shape index (κ2) is 8.30. The number of rotatable bonds is 6. The fraction of sp³-hybridized carbons (Fsp3) is 0.263. The van der Waals surface area contributed by atoms with Gasteiger partial charge in [0.15, 0.2) is 0 Å². The van der Waals surface area contributed by atoms with Gasteiger partial charge in [-0.15, -0.1) is 0 Å². The third kappa shape index (κ3) is 4.58. The summed E-state index contributed by atoms with van der Waals surface area (Å²) in [5, 5.41) is 2.77. The number of carbonyl (C=O) groups excluding carboxylic acids is 2. The fourth-order valence-corrected chi connectivity index (χ4v) is 2.32. The molecule has 6 nitrogen and oxygen atoms in total. The summed E-state index contributed by atoms with van der Waals surface area (Å²) in [5.41, 5.74) is 7.61. The minimum atomic E-state index is -0.816. The van der Waals surface area contributed by atoms with E-state index in [4.69, 9.17) is 10.5 Å². The number of nitrogens with zero attached hydrogens (tertiary/aromatic N) is 1. The molecule has 2 aromatic carbocycles. The number of hydrogen-bond acceptors (Lipinski definition) is 4. The van der Waals surface area contributed by atoms with E-state index in [2.05, 4.69) is 5.32 Å². The van der Waals surface area contributed by atoms with Gasteiger partial charge < -0.3 is 20.7 Å². The standard InChI is InChI=1S/C19H23N3O3/c1-4-25-16-11-10-14(19(24)22(2)3)12-15(16)21-18(23)17(20)13-8-6-5-7-9-13/h5-12,17H,4,20H2,1-3H3,(H,21,23)/t17-/m0/s1. The van der Waals surface area contributed by atoms with E-state index in [0.717, 1.165) is 0 Å². The first-order valence-corrected chi connectivity index (χ1v) is 8.04. The van der Waals surface area contributed by atoms with Crippen molar-refractivity contribution in [3.8, 4) is 5.75 Å². The van der Waals surface area contributed by atoms with Gasteiger partial charge in [-0.3, -0.25) is 9.59 Å². The molecule has 0 saturated heterocycles. The van der Waals surface area contributed by atoms with Gasteiger partial charge in [-0.1, -0.05) is 30.3 Å². The highest BCUT2D eigenvalue weighted by Gasteiger charge is 2.19. The monoisotopic (exact) mass is 341 g/mol. The first-order valence-electron chi connectivity index (χ1n) is 8.04. The molecule has 0 fully saturated rings. The first-order chi connectivity index (χ1) is 11.9. The highest BCUT2D eigenvalue weighted by Crippen LogP contribution is 2.27. The average Bonchev–Trinajstić information content (AvgIpc) is 2.62. The number of ether oxygens (including phenoxy) is 1. The minimum absolute atomic E-state index is 0.161. The molecule has 2 amide bonds. The molecular weight excluding hydrogens is 318 g/mol. The summed E-state index contributed by atoms with van der Waals surface area (Å²) in [7, 11) is 3.34. The van der Waals surface area contributed by atoms with Gasteiger partial charge in [-0.2, -0.15) is 0 Å². The van der Waals surface area contributed by atoms with Gasteiger partial charge in [0.2, 0.25) is 5.91 Å². The molecule has 0 aromatic heterocycles. The molecular formula is C19H23N3O3. The van der Waals surface area contributed by atoms with E-state index in [1.165, 1.54) is 4.90 Å². The summed E-state index contributed by atoms with van der Waals surface area (Å²) in [6.45, 7) is 2.29. The molecule has 2 aromatic rings. The lowest BCUT2D eigenvalue weighted by Crippen LogP contribution is -2.28. The minimum Gasteiger partial charge on any atom is -0.492 e. The maximum Gasteiger partial charge on any atom is 0.253 e. The number of nitrogens with two attached hydrogens (primary N) is 1. The number of anilines is 1. The Morgan fingerprint density at radius 2 is 1.84 bits per heavy atom. The SMILES string of the molecule is CCOc1ccc(C(=O)N(C)C)cc1NC(=O)[C@@H](N)c1ccccc1. The van der Waals surface area contributed by atoms with E-state index in [1.54, 1.807) is 44.4 Å². The van der Waals surface area contributed by atoms with Crippen molar-refractivity contribution < 1.29 is 14.3 Å². The molecule has 0 aliphatic rings. The smallest absolute Gasteiger partial charge is 0.253 e. The molecule has 132 valence electrons. The van der Waals surface area contributed by atoms with Gasteiger partial charge in [0.25, 0.3) is 5.91 Å². The van der Waals surface area contributed by atoms with E-state index < -0.39 is 6.04 Å². The van der Waals surface area contributed by atoms with Crippen LogP contribution in [0.3, 0.4) is 0 Å². The van der Waals surface area contributed by atoms with Crippen molar-refractivity contribution in [2.75, 3.05) is 26.0 Å². The van der Waals surface area contributed by atoms with E-state index in [0.29, 0.717) is 29.2 Å². The summed E-state index contributed by atoms with van der Waals surface area (Å²) < 4.78 is 5.54. The molecule has 6 heteroatoms. The third-order valence-electron chi connectivity index (χ3n) is 3.63. The van der Waals surface area contributed by atoms with Crippen LogP contribution in [-0.4, -0.2) is 37.4 Å². The normalized spacial score (nSPS) is 11.5. The summed E-state index contributed by atoms with van der Waals surface area (Å²) in [6, 6.07) is 13.2. The zero-order valence-corrected chi connectivity index (χ0v) is 14.7.